The fourth-order valence-corrected chi connectivity index (χ4v) is 5.24. The summed E-state index contributed by atoms with van der Waals surface area (Å²) in [6.45, 7) is 4.88. The van der Waals surface area contributed by atoms with Crippen LogP contribution >= 0.6 is 0 Å². The maximum atomic E-state index is 12.9. The molecule has 1 fully saturated rings. The predicted molar refractivity (Wildman–Crippen MR) is 144 cm³/mol. The van der Waals surface area contributed by atoms with Gasteiger partial charge in [-0.2, -0.15) is 0 Å². The molecule has 3 amide bonds. The van der Waals surface area contributed by atoms with Gasteiger partial charge in [0.15, 0.2) is 5.96 Å². The molecule has 39 heavy (non-hydrogen) atoms. The molecule has 1 aliphatic heterocycles. The van der Waals surface area contributed by atoms with E-state index in [-0.39, 0.29) is 24.7 Å². The number of alkyl carbamates (subject to hydrolysis) is 1. The van der Waals surface area contributed by atoms with Crippen LogP contribution in [0.5, 0.6) is 0 Å². The van der Waals surface area contributed by atoms with Crippen LogP contribution in [-0.2, 0) is 30.1 Å². The van der Waals surface area contributed by atoms with E-state index in [0.717, 1.165) is 0 Å². The predicted octanol–water partition coefficient (Wildman–Crippen LogP) is -0.702. The highest BCUT2D eigenvalue weighted by atomic mass is 32.2. The zero-order valence-corrected chi connectivity index (χ0v) is 23.2. The lowest BCUT2D eigenvalue weighted by atomic mass is 10.0. The first-order valence-corrected chi connectivity index (χ1v) is 14.2. The molecule has 15 heteroatoms. The van der Waals surface area contributed by atoms with Gasteiger partial charge in [-0.05, 0) is 45.6 Å². The Hall–Kier alpha value is -3.43. The fourth-order valence-electron chi connectivity index (χ4n) is 3.87. The molecule has 0 spiro atoms. The van der Waals surface area contributed by atoms with Crippen molar-refractivity contribution in [3.8, 4) is 0 Å². The lowest BCUT2D eigenvalue weighted by molar-refractivity contribution is -0.128. The molecule has 0 aromatic heterocycles. The number of likely N-dealkylation sites (tertiary alicyclic amines) is 1. The van der Waals surface area contributed by atoms with Crippen molar-refractivity contribution in [3.05, 3.63) is 35.9 Å². The van der Waals surface area contributed by atoms with E-state index >= 15 is 0 Å². The minimum atomic E-state index is -3.97. The maximum Gasteiger partial charge on any atom is 0.407 e. The van der Waals surface area contributed by atoms with Crippen molar-refractivity contribution in [2.75, 3.05) is 19.6 Å². The van der Waals surface area contributed by atoms with Crippen LogP contribution in [0.15, 0.2) is 30.3 Å². The minimum Gasteiger partial charge on any atom is -0.444 e. The molecule has 1 saturated heterocycles. The van der Waals surface area contributed by atoms with Gasteiger partial charge < -0.3 is 36.4 Å². The van der Waals surface area contributed by atoms with Gasteiger partial charge in [0, 0.05) is 13.1 Å². The van der Waals surface area contributed by atoms with Crippen LogP contribution in [0, 0.1) is 5.41 Å². The minimum absolute atomic E-state index is 0.0811. The number of sulfonamides is 1. The van der Waals surface area contributed by atoms with Gasteiger partial charge in [0.1, 0.15) is 17.9 Å². The molecule has 218 valence electrons. The normalized spacial score (nSPS) is 18.5. The topological polar surface area (TPSA) is 216 Å². The Labute approximate surface area is 228 Å². The number of nitrogens with two attached hydrogens (primary N) is 1. The molecule has 0 saturated carbocycles. The molecule has 0 bridgehead atoms. The summed E-state index contributed by atoms with van der Waals surface area (Å²) in [7, 11) is -3.97. The van der Waals surface area contributed by atoms with Crippen LogP contribution in [0.1, 0.15) is 45.6 Å². The number of hydrogen-bond donors (Lipinski definition) is 7. The van der Waals surface area contributed by atoms with Gasteiger partial charge in [-0.25, -0.2) is 17.9 Å². The van der Waals surface area contributed by atoms with E-state index in [1.807, 2.05) is 0 Å². The number of ether oxygens (including phenoxy) is 1. The molecule has 1 unspecified atom stereocenters. The molecule has 1 heterocycles. The van der Waals surface area contributed by atoms with Crippen molar-refractivity contribution in [1.82, 2.24) is 25.6 Å². The third-order valence-corrected chi connectivity index (χ3v) is 6.97. The van der Waals surface area contributed by atoms with Crippen LogP contribution in [0.2, 0.25) is 0 Å². The smallest absolute Gasteiger partial charge is 0.407 e. The number of benzene rings is 1. The molecule has 3 atom stereocenters. The van der Waals surface area contributed by atoms with E-state index in [1.54, 1.807) is 51.1 Å². The van der Waals surface area contributed by atoms with Crippen LogP contribution in [0.3, 0.4) is 0 Å². The number of amides is 3. The largest absolute Gasteiger partial charge is 0.444 e. The molecule has 1 aliphatic rings. The van der Waals surface area contributed by atoms with E-state index in [4.69, 9.17) is 15.9 Å². The summed E-state index contributed by atoms with van der Waals surface area (Å²) in [6.07, 6.45) is -0.992. The average molecular weight is 570 g/mol. The van der Waals surface area contributed by atoms with Crippen molar-refractivity contribution in [2.45, 2.75) is 69.7 Å². The second-order valence-corrected chi connectivity index (χ2v) is 11.9. The molecule has 0 radical (unpaired) electrons. The van der Waals surface area contributed by atoms with E-state index in [1.165, 1.54) is 4.90 Å². The van der Waals surface area contributed by atoms with Crippen molar-refractivity contribution in [2.24, 2.45) is 5.73 Å². The van der Waals surface area contributed by atoms with Gasteiger partial charge in [0.05, 0.1) is 18.3 Å². The molecule has 14 nitrogen and oxygen atoms in total. The second kappa shape index (κ2) is 14.1. The zero-order valence-electron chi connectivity index (χ0n) is 22.4. The van der Waals surface area contributed by atoms with Gasteiger partial charge in [0.2, 0.25) is 21.8 Å². The monoisotopic (exact) mass is 569 g/mol. The SMILES string of the molecule is CC(C)(C)OC(=O)NCC[C@@H](NS(=O)(=O)Cc1ccccc1)C(=O)NCC(=O)N[C@H]1CCCN(C(=N)N)C1O. The van der Waals surface area contributed by atoms with Crippen molar-refractivity contribution >= 4 is 33.9 Å². The molecule has 0 aliphatic carbocycles. The summed E-state index contributed by atoms with van der Waals surface area (Å²) in [5, 5.41) is 25.4. The van der Waals surface area contributed by atoms with Crippen LogP contribution in [0.25, 0.3) is 0 Å². The molecule has 1 aromatic rings. The number of nitrogens with one attached hydrogen (secondary N) is 5. The lowest BCUT2D eigenvalue weighted by Crippen LogP contribution is -2.59. The first-order chi connectivity index (χ1) is 18.2. The number of carbonyl (C=O) groups excluding carboxylic acids is 3. The average Bonchev–Trinajstić information content (AvgIpc) is 2.82. The highest BCUT2D eigenvalue weighted by Gasteiger charge is 2.32. The Morgan fingerprint density at radius 3 is 2.49 bits per heavy atom. The number of hydrogen-bond acceptors (Lipinski definition) is 8. The second-order valence-electron chi connectivity index (χ2n) is 10.2. The van der Waals surface area contributed by atoms with Crippen molar-refractivity contribution in [3.63, 3.8) is 0 Å². The lowest BCUT2D eigenvalue weighted by Gasteiger charge is -2.38. The standard InChI is InChI=1S/C24H39N7O7S/c1-24(2,3)38-23(35)27-12-11-17(30-39(36,37)15-16-8-5-4-6-9-16)20(33)28-14-19(32)29-18-10-7-13-31(21(18)34)22(25)26/h4-6,8-9,17-18,21,30,34H,7,10-15H2,1-3H3,(H3,25,26)(H,27,35)(H,28,33)(H,29,32)/t17-,18+,21?/m1/s1. The van der Waals surface area contributed by atoms with Crippen molar-refractivity contribution in [1.29, 1.82) is 5.41 Å². The summed E-state index contributed by atoms with van der Waals surface area (Å²) >= 11 is 0. The van der Waals surface area contributed by atoms with Gasteiger partial charge in [-0.15, -0.1) is 0 Å². The molecular weight excluding hydrogens is 530 g/mol. The summed E-state index contributed by atoms with van der Waals surface area (Å²) in [6, 6.07) is 6.40. The number of guanidine groups is 1. The summed E-state index contributed by atoms with van der Waals surface area (Å²) in [4.78, 5) is 38.6. The van der Waals surface area contributed by atoms with E-state index < -0.39 is 58.4 Å². The Kier molecular flexibility index (Phi) is 11.5. The Morgan fingerprint density at radius 1 is 1.21 bits per heavy atom. The van der Waals surface area contributed by atoms with Crippen molar-refractivity contribution < 1.29 is 32.6 Å². The number of aliphatic hydroxyl groups is 1. The highest BCUT2D eigenvalue weighted by molar-refractivity contribution is 7.88. The Bertz CT molecular complexity index is 1110. The van der Waals surface area contributed by atoms with Gasteiger partial charge >= 0.3 is 6.09 Å². The summed E-state index contributed by atoms with van der Waals surface area (Å²) in [5.41, 5.74) is 5.24. The Balaban J connectivity index is 2.00. The van der Waals surface area contributed by atoms with Gasteiger partial charge in [-0.3, -0.25) is 15.0 Å². The van der Waals surface area contributed by atoms with Crippen LogP contribution in [-0.4, -0.2) is 85.8 Å². The van der Waals surface area contributed by atoms with E-state index in [2.05, 4.69) is 20.7 Å². The quantitative estimate of drug-likeness (QED) is 0.132. The molecule has 2 rings (SSSR count). The number of piperidine rings is 1. The number of aliphatic hydroxyl groups excluding tert-OH is 1. The number of rotatable bonds is 11. The Morgan fingerprint density at radius 2 is 1.87 bits per heavy atom. The van der Waals surface area contributed by atoms with Crippen LogP contribution < -0.4 is 26.4 Å². The third-order valence-electron chi connectivity index (χ3n) is 5.61. The number of carbonyl (C=O) groups is 3. The van der Waals surface area contributed by atoms with Gasteiger partial charge in [-0.1, -0.05) is 30.3 Å². The molecular formula is C24H39N7O7S. The van der Waals surface area contributed by atoms with Gasteiger partial charge in [0.25, 0.3) is 0 Å². The fraction of sp³-hybridized carbons (Fsp3) is 0.583. The summed E-state index contributed by atoms with van der Waals surface area (Å²) < 4.78 is 33.1. The molecule has 1 aromatic carbocycles. The first kappa shape index (κ1) is 31.8. The van der Waals surface area contributed by atoms with E-state index in [0.29, 0.717) is 24.9 Å². The third kappa shape index (κ3) is 11.5. The maximum absolute atomic E-state index is 12.9. The number of nitrogens with zero attached hydrogens (tertiary/aromatic N) is 1. The first-order valence-electron chi connectivity index (χ1n) is 12.5. The van der Waals surface area contributed by atoms with Crippen LogP contribution in [0.4, 0.5) is 4.79 Å². The van der Waals surface area contributed by atoms with E-state index in [9.17, 15) is 27.9 Å². The molecule has 8 N–H and O–H groups in total. The highest BCUT2D eigenvalue weighted by Crippen LogP contribution is 2.15. The zero-order chi connectivity index (χ0) is 29.2. The summed E-state index contributed by atoms with van der Waals surface area (Å²) in [5.74, 6) is -2.08.